The van der Waals surface area contributed by atoms with Crippen molar-refractivity contribution in [2.24, 2.45) is 5.10 Å². The summed E-state index contributed by atoms with van der Waals surface area (Å²) in [4.78, 5) is 17.6. The number of anilines is 2. The van der Waals surface area contributed by atoms with E-state index < -0.39 is 22.2 Å². The molecule has 0 saturated carbocycles. The minimum Gasteiger partial charge on any atom is -0.502 e. The number of aromatic hydroxyl groups is 1. The van der Waals surface area contributed by atoms with Crippen molar-refractivity contribution in [1.82, 2.24) is 9.97 Å². The Morgan fingerprint density at radius 1 is 1.52 bits per heavy atom. The molecule has 1 heterocycles. The summed E-state index contributed by atoms with van der Waals surface area (Å²) in [5.41, 5.74) is 2.08. The Labute approximate surface area is 137 Å². The van der Waals surface area contributed by atoms with Gasteiger partial charge in [-0.05, 0) is 6.07 Å². The van der Waals surface area contributed by atoms with Crippen molar-refractivity contribution < 1.29 is 14.4 Å². The van der Waals surface area contributed by atoms with Crippen LogP contribution in [0.25, 0.3) is 0 Å². The summed E-state index contributed by atoms with van der Waals surface area (Å²) < 4.78 is 13.6. The second-order valence-corrected chi connectivity index (χ2v) is 5.05. The fraction of sp³-hybridized carbons (Fsp3) is 0.0833. The van der Waals surface area contributed by atoms with Gasteiger partial charge in [0.2, 0.25) is 11.7 Å². The lowest BCUT2D eigenvalue weighted by atomic mass is 10.2. The number of benzene rings is 1. The molecule has 0 aliphatic carbocycles. The van der Waals surface area contributed by atoms with E-state index in [-0.39, 0.29) is 17.3 Å². The molecular formula is C12H10BrFN6O3. The minimum absolute atomic E-state index is 0.0102. The van der Waals surface area contributed by atoms with Crippen LogP contribution in [0.1, 0.15) is 5.56 Å². The highest BCUT2D eigenvalue weighted by Crippen LogP contribution is 2.32. The zero-order valence-corrected chi connectivity index (χ0v) is 13.2. The Kier molecular flexibility index (Phi) is 5.01. The molecule has 0 saturated heterocycles. The normalized spacial score (nSPS) is 10.7. The lowest BCUT2D eigenvalue weighted by Gasteiger charge is -2.04. The Morgan fingerprint density at radius 2 is 2.26 bits per heavy atom. The summed E-state index contributed by atoms with van der Waals surface area (Å²) in [7, 11) is 1.50. The molecule has 9 nitrogen and oxygen atoms in total. The minimum atomic E-state index is -0.715. The van der Waals surface area contributed by atoms with E-state index in [4.69, 9.17) is 0 Å². The third-order valence-electron chi connectivity index (χ3n) is 2.63. The fourth-order valence-corrected chi connectivity index (χ4v) is 2.06. The Bertz CT molecular complexity index is 786. The van der Waals surface area contributed by atoms with Crippen molar-refractivity contribution in [3.05, 3.63) is 44.3 Å². The summed E-state index contributed by atoms with van der Waals surface area (Å²) in [6.45, 7) is 0. The average molecular weight is 385 g/mol. The van der Waals surface area contributed by atoms with Crippen LogP contribution in [0.4, 0.5) is 21.8 Å². The van der Waals surface area contributed by atoms with E-state index in [0.29, 0.717) is 4.47 Å². The predicted octanol–water partition coefficient (Wildman–Crippen LogP) is 2.48. The zero-order valence-electron chi connectivity index (χ0n) is 11.6. The highest BCUT2D eigenvalue weighted by Gasteiger charge is 2.17. The molecule has 120 valence electrons. The number of hydrogen-bond donors (Lipinski definition) is 3. The van der Waals surface area contributed by atoms with E-state index in [1.807, 2.05) is 0 Å². The SMILES string of the molecule is CNc1nc(N/N=C\c2cc(Br)cc([N+](=O)[O-])c2O)ncc1F. The molecule has 0 spiro atoms. The van der Waals surface area contributed by atoms with Crippen molar-refractivity contribution in [1.29, 1.82) is 0 Å². The fourth-order valence-electron chi connectivity index (χ4n) is 1.60. The number of nitrogens with one attached hydrogen (secondary N) is 2. The van der Waals surface area contributed by atoms with E-state index in [1.165, 1.54) is 19.2 Å². The van der Waals surface area contributed by atoms with Crippen molar-refractivity contribution in [3.63, 3.8) is 0 Å². The van der Waals surface area contributed by atoms with Gasteiger partial charge in [0.25, 0.3) is 0 Å². The maximum atomic E-state index is 13.2. The van der Waals surface area contributed by atoms with Gasteiger partial charge in [-0.15, -0.1) is 0 Å². The monoisotopic (exact) mass is 384 g/mol. The van der Waals surface area contributed by atoms with Crippen LogP contribution >= 0.6 is 15.9 Å². The van der Waals surface area contributed by atoms with Crippen LogP contribution in [0.5, 0.6) is 5.75 Å². The number of phenolic OH excluding ortho intramolecular Hbond substituents is 1. The number of hydrogen-bond acceptors (Lipinski definition) is 8. The topological polar surface area (TPSA) is 126 Å². The third kappa shape index (κ3) is 3.88. The molecule has 23 heavy (non-hydrogen) atoms. The van der Waals surface area contributed by atoms with Crippen LogP contribution in [0.2, 0.25) is 0 Å². The summed E-state index contributed by atoms with van der Waals surface area (Å²) in [6.07, 6.45) is 2.11. The quantitative estimate of drug-likeness (QED) is 0.410. The lowest BCUT2D eigenvalue weighted by Crippen LogP contribution is -2.03. The number of aromatic nitrogens is 2. The molecule has 11 heteroatoms. The lowest BCUT2D eigenvalue weighted by molar-refractivity contribution is -0.385. The molecular weight excluding hydrogens is 375 g/mol. The van der Waals surface area contributed by atoms with Gasteiger partial charge in [0.05, 0.1) is 17.3 Å². The molecule has 2 rings (SSSR count). The van der Waals surface area contributed by atoms with Crippen LogP contribution in [0.3, 0.4) is 0 Å². The molecule has 0 aliphatic heterocycles. The molecule has 1 aromatic carbocycles. The van der Waals surface area contributed by atoms with Gasteiger partial charge in [-0.2, -0.15) is 10.1 Å². The number of rotatable bonds is 5. The van der Waals surface area contributed by atoms with Gasteiger partial charge in [0.1, 0.15) is 0 Å². The van der Waals surface area contributed by atoms with Gasteiger partial charge in [-0.3, -0.25) is 10.1 Å². The molecule has 0 unspecified atom stereocenters. The number of nitrogens with zero attached hydrogens (tertiary/aromatic N) is 4. The average Bonchev–Trinajstić information content (AvgIpc) is 2.51. The molecule has 0 fully saturated rings. The molecule has 0 bridgehead atoms. The number of halogens is 2. The zero-order chi connectivity index (χ0) is 17.0. The van der Waals surface area contributed by atoms with E-state index >= 15 is 0 Å². The highest BCUT2D eigenvalue weighted by molar-refractivity contribution is 9.10. The van der Waals surface area contributed by atoms with Gasteiger partial charge >= 0.3 is 5.69 Å². The number of phenols is 1. The molecule has 3 N–H and O–H groups in total. The van der Waals surface area contributed by atoms with Gasteiger partial charge < -0.3 is 10.4 Å². The molecule has 0 radical (unpaired) electrons. The van der Waals surface area contributed by atoms with Gasteiger partial charge in [0.15, 0.2) is 11.6 Å². The Hall–Kier alpha value is -2.82. The predicted molar refractivity (Wildman–Crippen MR) is 85.2 cm³/mol. The van der Waals surface area contributed by atoms with Crippen LogP contribution in [-0.4, -0.2) is 33.3 Å². The summed E-state index contributed by atoms with van der Waals surface area (Å²) in [6, 6.07) is 2.61. The van der Waals surface area contributed by atoms with E-state index in [9.17, 15) is 19.6 Å². The highest BCUT2D eigenvalue weighted by atomic mass is 79.9. The molecule has 2 aromatic rings. The van der Waals surface area contributed by atoms with Crippen LogP contribution in [0.15, 0.2) is 27.9 Å². The van der Waals surface area contributed by atoms with E-state index in [0.717, 1.165) is 12.4 Å². The first kappa shape index (κ1) is 16.5. The Morgan fingerprint density at radius 3 is 2.91 bits per heavy atom. The van der Waals surface area contributed by atoms with Crippen molar-refractivity contribution in [2.45, 2.75) is 0 Å². The van der Waals surface area contributed by atoms with Crippen molar-refractivity contribution >= 4 is 39.6 Å². The summed E-state index contributed by atoms with van der Waals surface area (Å²) >= 11 is 3.11. The first-order valence-corrected chi connectivity index (χ1v) is 6.88. The van der Waals surface area contributed by atoms with Crippen molar-refractivity contribution in [3.8, 4) is 5.75 Å². The Balaban J connectivity index is 2.23. The molecule has 1 aromatic heterocycles. The van der Waals surface area contributed by atoms with Gasteiger partial charge in [-0.1, -0.05) is 15.9 Å². The third-order valence-corrected chi connectivity index (χ3v) is 3.09. The standard InChI is InChI=1S/C12H10BrFN6O3/c1-15-11-8(14)5-16-12(18-11)19-17-4-6-2-7(13)3-9(10(6)21)20(22)23/h2-5,21H,1H3,(H2,15,16,18,19)/b17-4-. The van der Waals surface area contributed by atoms with Crippen LogP contribution in [-0.2, 0) is 0 Å². The van der Waals surface area contributed by atoms with Crippen LogP contribution in [0, 0.1) is 15.9 Å². The maximum absolute atomic E-state index is 13.2. The summed E-state index contributed by atoms with van der Waals surface area (Å²) in [5.74, 6) is -1.16. The number of nitro benzene ring substituents is 1. The smallest absolute Gasteiger partial charge is 0.312 e. The van der Waals surface area contributed by atoms with E-state index in [1.54, 1.807) is 0 Å². The molecule has 0 atom stereocenters. The van der Waals surface area contributed by atoms with Crippen molar-refractivity contribution in [2.75, 3.05) is 17.8 Å². The number of hydrazone groups is 1. The van der Waals surface area contributed by atoms with E-state index in [2.05, 4.69) is 41.7 Å². The molecule has 0 amide bonds. The van der Waals surface area contributed by atoms with Gasteiger partial charge in [-0.25, -0.2) is 14.8 Å². The maximum Gasteiger partial charge on any atom is 0.312 e. The second kappa shape index (κ2) is 6.96. The molecule has 0 aliphatic rings. The van der Waals surface area contributed by atoms with Crippen LogP contribution < -0.4 is 10.7 Å². The first-order valence-electron chi connectivity index (χ1n) is 6.08. The second-order valence-electron chi connectivity index (χ2n) is 4.13. The number of nitro groups is 1. The van der Waals surface area contributed by atoms with Gasteiger partial charge in [0, 0.05) is 23.2 Å². The largest absolute Gasteiger partial charge is 0.502 e. The summed E-state index contributed by atoms with van der Waals surface area (Å²) in [5, 5.41) is 27.0. The first-order chi connectivity index (χ1) is 10.9.